The number of ether oxygens (including phenoxy) is 1. The van der Waals surface area contributed by atoms with Gasteiger partial charge in [0.15, 0.2) is 5.65 Å². The molecule has 3 aromatic rings. The quantitative estimate of drug-likeness (QED) is 0.624. The third-order valence-electron chi connectivity index (χ3n) is 3.05. The van der Waals surface area contributed by atoms with Crippen molar-refractivity contribution in [2.75, 3.05) is 7.11 Å². The van der Waals surface area contributed by atoms with Gasteiger partial charge in [-0.1, -0.05) is 12.1 Å². The molecule has 104 valence electrons. The van der Waals surface area contributed by atoms with E-state index in [9.17, 15) is 4.79 Å². The molecule has 0 aliphatic carbocycles. The first-order chi connectivity index (χ1) is 10.2. The molecule has 0 amide bonds. The van der Waals surface area contributed by atoms with Crippen LogP contribution in [-0.4, -0.2) is 26.4 Å². The lowest BCUT2D eigenvalue weighted by molar-refractivity contribution is 0.413. The molecule has 0 saturated heterocycles. The molecule has 0 fully saturated rings. The van der Waals surface area contributed by atoms with E-state index in [2.05, 4.69) is 22.0 Å². The summed E-state index contributed by atoms with van der Waals surface area (Å²) in [6.45, 7) is 0. The van der Waals surface area contributed by atoms with Gasteiger partial charge in [-0.2, -0.15) is 9.78 Å². The number of benzene rings is 1. The number of rotatable bonds is 1. The lowest BCUT2D eigenvalue weighted by Crippen LogP contribution is -2.16. The Morgan fingerprint density at radius 2 is 2.10 bits per heavy atom. The van der Waals surface area contributed by atoms with Crippen LogP contribution in [0.25, 0.3) is 11.0 Å². The number of hydrogen-bond donors (Lipinski definition) is 0. The zero-order valence-corrected chi connectivity index (χ0v) is 11.6. The van der Waals surface area contributed by atoms with Crippen LogP contribution in [0.3, 0.4) is 0 Å². The van der Waals surface area contributed by atoms with E-state index in [0.29, 0.717) is 16.8 Å². The second-order valence-corrected chi connectivity index (χ2v) is 4.39. The lowest BCUT2D eigenvalue weighted by Gasteiger charge is -2.00. The van der Waals surface area contributed by atoms with E-state index in [-0.39, 0.29) is 5.56 Å². The number of para-hydroxylation sites is 1. The van der Waals surface area contributed by atoms with Crippen LogP contribution in [0.5, 0.6) is 5.75 Å². The summed E-state index contributed by atoms with van der Waals surface area (Å²) in [5.41, 5.74) is 1.04. The fraction of sp³-hybridized carbons (Fsp3) is 0.133. The third kappa shape index (κ3) is 2.25. The van der Waals surface area contributed by atoms with Gasteiger partial charge in [-0.3, -0.25) is 4.79 Å². The SMILES string of the molecule is COc1ccccc1C#Cn1ncc2c(=O)n(C)cnc21. The highest BCUT2D eigenvalue weighted by Gasteiger charge is 2.07. The van der Waals surface area contributed by atoms with Crippen molar-refractivity contribution in [1.29, 1.82) is 0 Å². The van der Waals surface area contributed by atoms with Gasteiger partial charge in [0.05, 0.1) is 25.2 Å². The van der Waals surface area contributed by atoms with Crippen molar-refractivity contribution < 1.29 is 4.74 Å². The fourth-order valence-electron chi connectivity index (χ4n) is 1.94. The van der Waals surface area contributed by atoms with E-state index in [1.807, 2.05) is 24.3 Å². The smallest absolute Gasteiger partial charge is 0.264 e. The van der Waals surface area contributed by atoms with Crippen molar-refractivity contribution in [3.8, 4) is 17.7 Å². The molecule has 6 heteroatoms. The molecule has 2 heterocycles. The Labute approximate surface area is 120 Å². The van der Waals surface area contributed by atoms with Crippen LogP contribution >= 0.6 is 0 Å². The van der Waals surface area contributed by atoms with Gasteiger partial charge in [-0.15, -0.1) is 0 Å². The van der Waals surface area contributed by atoms with E-state index < -0.39 is 0 Å². The number of hydrogen-bond acceptors (Lipinski definition) is 4. The van der Waals surface area contributed by atoms with Gasteiger partial charge in [0.2, 0.25) is 0 Å². The molecule has 0 atom stereocenters. The van der Waals surface area contributed by atoms with Gasteiger partial charge in [0, 0.05) is 13.1 Å². The largest absolute Gasteiger partial charge is 0.495 e. The second kappa shape index (κ2) is 5.13. The molecular weight excluding hydrogens is 268 g/mol. The number of nitrogens with zero attached hydrogens (tertiary/aromatic N) is 4. The van der Waals surface area contributed by atoms with Gasteiger partial charge in [-0.05, 0) is 18.1 Å². The van der Waals surface area contributed by atoms with Crippen molar-refractivity contribution in [2.24, 2.45) is 7.05 Å². The topological polar surface area (TPSA) is 61.9 Å². The Morgan fingerprint density at radius 3 is 2.90 bits per heavy atom. The average molecular weight is 280 g/mol. The second-order valence-electron chi connectivity index (χ2n) is 4.39. The highest BCUT2D eigenvalue weighted by molar-refractivity contribution is 5.73. The van der Waals surface area contributed by atoms with Gasteiger partial charge in [-0.25, -0.2) is 4.98 Å². The molecule has 3 rings (SSSR count). The summed E-state index contributed by atoms with van der Waals surface area (Å²) in [6.07, 6.45) is 2.93. The number of aromatic nitrogens is 4. The zero-order chi connectivity index (χ0) is 14.8. The van der Waals surface area contributed by atoms with Gasteiger partial charge in [0.1, 0.15) is 11.1 Å². The maximum Gasteiger partial charge on any atom is 0.264 e. The molecular formula is C15H12N4O2. The molecule has 21 heavy (non-hydrogen) atoms. The van der Waals surface area contributed by atoms with Crippen LogP contribution in [0.15, 0.2) is 41.6 Å². The third-order valence-corrected chi connectivity index (χ3v) is 3.05. The van der Waals surface area contributed by atoms with E-state index in [1.165, 1.54) is 21.8 Å². The minimum Gasteiger partial charge on any atom is -0.495 e. The predicted molar refractivity (Wildman–Crippen MR) is 78.0 cm³/mol. The maximum absolute atomic E-state index is 11.9. The summed E-state index contributed by atoms with van der Waals surface area (Å²) in [5, 5.41) is 4.53. The van der Waals surface area contributed by atoms with Crippen molar-refractivity contribution in [3.05, 3.63) is 52.7 Å². The molecule has 0 saturated carbocycles. The molecule has 6 nitrogen and oxygen atoms in total. The minimum atomic E-state index is -0.148. The van der Waals surface area contributed by atoms with Crippen LogP contribution < -0.4 is 10.3 Å². The summed E-state index contributed by atoms with van der Waals surface area (Å²) >= 11 is 0. The molecule has 0 N–H and O–H groups in total. The predicted octanol–water partition coefficient (Wildman–Crippen LogP) is 0.996. The standard InChI is InChI=1S/C15H12N4O2/c1-18-10-16-14-12(15(18)20)9-17-19(14)8-7-11-5-3-4-6-13(11)21-2/h3-6,9-10H,1-2H3. The molecule has 0 radical (unpaired) electrons. The van der Waals surface area contributed by atoms with Crippen molar-refractivity contribution >= 4 is 11.0 Å². The Bertz CT molecular complexity index is 928. The zero-order valence-electron chi connectivity index (χ0n) is 11.6. The molecule has 2 aromatic heterocycles. The monoisotopic (exact) mass is 280 g/mol. The minimum absolute atomic E-state index is 0.148. The first-order valence-electron chi connectivity index (χ1n) is 6.25. The highest BCUT2D eigenvalue weighted by Crippen LogP contribution is 2.15. The number of methoxy groups -OCH3 is 1. The van der Waals surface area contributed by atoms with Crippen LogP contribution in [0.2, 0.25) is 0 Å². The van der Waals surface area contributed by atoms with Crippen molar-refractivity contribution in [2.45, 2.75) is 0 Å². The normalized spacial score (nSPS) is 10.2. The van der Waals surface area contributed by atoms with Crippen LogP contribution in [0, 0.1) is 12.0 Å². The summed E-state index contributed by atoms with van der Waals surface area (Å²) < 4.78 is 8.03. The Balaban J connectivity index is 2.10. The number of fused-ring (bicyclic) bond motifs is 1. The summed E-state index contributed by atoms with van der Waals surface area (Å²) in [4.78, 5) is 16.1. The summed E-state index contributed by atoms with van der Waals surface area (Å²) in [7, 11) is 3.24. The van der Waals surface area contributed by atoms with Crippen molar-refractivity contribution in [3.63, 3.8) is 0 Å². The average Bonchev–Trinajstić information content (AvgIpc) is 2.93. The van der Waals surface area contributed by atoms with E-state index in [4.69, 9.17) is 4.74 Å². The van der Waals surface area contributed by atoms with E-state index in [1.54, 1.807) is 14.2 Å². The number of aryl methyl sites for hydroxylation is 1. The van der Waals surface area contributed by atoms with Crippen LogP contribution in [0.1, 0.15) is 5.56 Å². The maximum atomic E-state index is 11.9. The molecule has 0 aliphatic heterocycles. The fourth-order valence-corrected chi connectivity index (χ4v) is 1.94. The van der Waals surface area contributed by atoms with Crippen LogP contribution in [0.4, 0.5) is 0 Å². The van der Waals surface area contributed by atoms with Crippen LogP contribution in [-0.2, 0) is 7.05 Å². The summed E-state index contributed by atoms with van der Waals surface area (Å²) in [6, 6.07) is 10.3. The van der Waals surface area contributed by atoms with Crippen molar-refractivity contribution in [1.82, 2.24) is 19.3 Å². The lowest BCUT2D eigenvalue weighted by atomic mass is 10.2. The van der Waals surface area contributed by atoms with Gasteiger partial charge < -0.3 is 9.30 Å². The molecule has 0 bridgehead atoms. The first kappa shape index (κ1) is 12.9. The van der Waals surface area contributed by atoms with E-state index >= 15 is 0 Å². The van der Waals surface area contributed by atoms with Gasteiger partial charge in [0.25, 0.3) is 5.56 Å². The Hall–Kier alpha value is -3.07. The Kier molecular flexibility index (Phi) is 3.16. The molecule has 1 aromatic carbocycles. The van der Waals surface area contributed by atoms with Gasteiger partial charge >= 0.3 is 0 Å². The van der Waals surface area contributed by atoms with E-state index in [0.717, 1.165) is 5.56 Å². The highest BCUT2D eigenvalue weighted by atomic mass is 16.5. The summed E-state index contributed by atoms with van der Waals surface area (Å²) in [5.74, 6) is 3.65. The molecule has 0 unspecified atom stereocenters. The Morgan fingerprint density at radius 1 is 1.29 bits per heavy atom. The first-order valence-corrected chi connectivity index (χ1v) is 6.25. The molecule has 0 spiro atoms. The molecule has 0 aliphatic rings.